The van der Waals surface area contributed by atoms with Crippen molar-refractivity contribution in [1.29, 1.82) is 0 Å². The zero-order valence-corrected chi connectivity index (χ0v) is 10.2. The van der Waals surface area contributed by atoms with Crippen LogP contribution >= 0.6 is 11.6 Å². The van der Waals surface area contributed by atoms with Crippen LogP contribution in [0.4, 0.5) is 5.69 Å². The summed E-state index contributed by atoms with van der Waals surface area (Å²) < 4.78 is 0. The molecule has 0 saturated carbocycles. The van der Waals surface area contributed by atoms with Gasteiger partial charge in [0.2, 0.25) is 0 Å². The second-order valence-corrected chi connectivity index (χ2v) is 4.72. The summed E-state index contributed by atoms with van der Waals surface area (Å²) in [6, 6.07) is 4.84. The highest BCUT2D eigenvalue weighted by Crippen LogP contribution is 2.21. The molecule has 1 fully saturated rings. The number of halogens is 1. The Hall–Kier alpha value is -1.26. The molecular weight excluding hydrogens is 240 g/mol. The average molecular weight is 255 g/mol. The number of amides is 1. The van der Waals surface area contributed by atoms with Crippen molar-refractivity contribution in [3.63, 3.8) is 0 Å². The van der Waals surface area contributed by atoms with E-state index in [2.05, 4.69) is 0 Å². The minimum atomic E-state index is -0.437. The summed E-state index contributed by atoms with van der Waals surface area (Å²) in [5.41, 5.74) is 6.59. The van der Waals surface area contributed by atoms with Crippen molar-refractivity contribution in [3.8, 4) is 0 Å². The summed E-state index contributed by atoms with van der Waals surface area (Å²) in [5, 5.41) is 10.0. The predicted octanol–water partition coefficient (Wildman–Crippen LogP) is 1.52. The molecule has 4 nitrogen and oxygen atoms in total. The minimum absolute atomic E-state index is 0.163. The first-order valence-electron chi connectivity index (χ1n) is 5.60. The molecule has 1 heterocycles. The summed E-state index contributed by atoms with van der Waals surface area (Å²) in [4.78, 5) is 13.8. The Bertz CT molecular complexity index is 437. The van der Waals surface area contributed by atoms with E-state index in [1.807, 2.05) is 0 Å². The summed E-state index contributed by atoms with van der Waals surface area (Å²) in [7, 11) is 0. The Balaban J connectivity index is 2.21. The molecule has 5 heteroatoms. The van der Waals surface area contributed by atoms with Gasteiger partial charge in [0.15, 0.2) is 0 Å². The van der Waals surface area contributed by atoms with Crippen molar-refractivity contribution >= 4 is 23.2 Å². The van der Waals surface area contributed by atoms with Gasteiger partial charge in [-0.1, -0.05) is 11.6 Å². The zero-order valence-electron chi connectivity index (χ0n) is 9.40. The van der Waals surface area contributed by atoms with Gasteiger partial charge in [0, 0.05) is 23.8 Å². The summed E-state index contributed by atoms with van der Waals surface area (Å²) in [6.07, 6.45) is 1.12. The van der Waals surface area contributed by atoms with Crippen molar-refractivity contribution in [2.75, 3.05) is 18.8 Å². The number of aliphatic hydroxyl groups is 1. The normalized spacial score (nSPS) is 20.4. The quantitative estimate of drug-likeness (QED) is 0.747. The number of likely N-dealkylation sites (tertiary alicyclic amines) is 1. The number of hydrogen-bond donors (Lipinski definition) is 2. The molecule has 1 atom stereocenters. The van der Waals surface area contributed by atoms with Crippen LogP contribution in [0.2, 0.25) is 5.02 Å². The molecule has 1 aromatic rings. The molecule has 3 N–H and O–H groups in total. The van der Waals surface area contributed by atoms with E-state index in [4.69, 9.17) is 17.3 Å². The van der Waals surface area contributed by atoms with Gasteiger partial charge >= 0.3 is 0 Å². The molecule has 0 unspecified atom stereocenters. The largest absolute Gasteiger partial charge is 0.398 e. The standard InChI is InChI=1S/C12H15ClN2O2/c13-8-3-4-11(14)10(6-8)12(17)15-5-1-2-9(16)7-15/h3-4,6,9,16H,1-2,5,7,14H2/t9-/m0/s1. The fraction of sp³-hybridized carbons (Fsp3) is 0.417. The van der Waals surface area contributed by atoms with E-state index in [0.29, 0.717) is 29.4 Å². The van der Waals surface area contributed by atoms with Crippen molar-refractivity contribution in [2.45, 2.75) is 18.9 Å². The van der Waals surface area contributed by atoms with E-state index in [0.717, 1.165) is 12.8 Å². The fourth-order valence-corrected chi connectivity index (χ4v) is 2.20. The molecule has 1 aliphatic heterocycles. The van der Waals surface area contributed by atoms with Gasteiger partial charge in [-0.15, -0.1) is 0 Å². The highest BCUT2D eigenvalue weighted by molar-refractivity contribution is 6.31. The summed E-state index contributed by atoms with van der Waals surface area (Å²) in [6.45, 7) is 1.02. The fourth-order valence-electron chi connectivity index (χ4n) is 2.02. The van der Waals surface area contributed by atoms with Gasteiger partial charge in [-0.25, -0.2) is 0 Å². The number of rotatable bonds is 1. The molecular formula is C12H15ClN2O2. The van der Waals surface area contributed by atoms with Crippen LogP contribution in [0, 0.1) is 0 Å². The molecule has 1 aromatic carbocycles. The van der Waals surface area contributed by atoms with E-state index in [1.54, 1.807) is 23.1 Å². The zero-order chi connectivity index (χ0) is 12.4. The number of nitrogen functional groups attached to an aromatic ring is 1. The maximum Gasteiger partial charge on any atom is 0.256 e. The summed E-state index contributed by atoms with van der Waals surface area (Å²) >= 11 is 5.85. The third-order valence-corrected chi connectivity index (χ3v) is 3.16. The topological polar surface area (TPSA) is 66.6 Å². The van der Waals surface area contributed by atoms with E-state index >= 15 is 0 Å². The van der Waals surface area contributed by atoms with Crippen LogP contribution in [0.5, 0.6) is 0 Å². The van der Waals surface area contributed by atoms with Crippen molar-refractivity contribution in [3.05, 3.63) is 28.8 Å². The lowest BCUT2D eigenvalue weighted by molar-refractivity contribution is 0.0474. The smallest absolute Gasteiger partial charge is 0.256 e. The van der Waals surface area contributed by atoms with Crippen LogP contribution in [0.15, 0.2) is 18.2 Å². The molecule has 0 bridgehead atoms. The lowest BCUT2D eigenvalue weighted by Crippen LogP contribution is -2.42. The van der Waals surface area contributed by atoms with E-state index in [9.17, 15) is 9.90 Å². The van der Waals surface area contributed by atoms with Gasteiger partial charge in [0.05, 0.1) is 11.7 Å². The maximum absolute atomic E-state index is 12.2. The van der Waals surface area contributed by atoms with Crippen LogP contribution < -0.4 is 5.73 Å². The molecule has 2 rings (SSSR count). The number of β-amino-alcohol motifs (C(OH)–C–C–N with tert-alkyl or cyclic N) is 1. The van der Waals surface area contributed by atoms with Gasteiger partial charge in [0.25, 0.3) is 5.91 Å². The van der Waals surface area contributed by atoms with E-state index in [1.165, 1.54) is 0 Å². The first-order valence-corrected chi connectivity index (χ1v) is 5.98. The van der Waals surface area contributed by atoms with Crippen LogP contribution in [-0.4, -0.2) is 35.1 Å². The van der Waals surface area contributed by atoms with Gasteiger partial charge in [-0.05, 0) is 31.0 Å². The lowest BCUT2D eigenvalue weighted by atomic mass is 10.1. The third kappa shape index (κ3) is 2.70. The molecule has 0 radical (unpaired) electrons. The number of carbonyl (C=O) groups is 1. The minimum Gasteiger partial charge on any atom is -0.398 e. The molecule has 0 aromatic heterocycles. The monoisotopic (exact) mass is 254 g/mol. The number of hydrogen-bond acceptors (Lipinski definition) is 3. The predicted molar refractivity (Wildman–Crippen MR) is 67.0 cm³/mol. The molecule has 92 valence electrons. The van der Waals surface area contributed by atoms with Crippen molar-refractivity contribution in [1.82, 2.24) is 4.90 Å². The van der Waals surface area contributed by atoms with Gasteiger partial charge in [0.1, 0.15) is 0 Å². The van der Waals surface area contributed by atoms with Gasteiger partial charge in [-0.2, -0.15) is 0 Å². The third-order valence-electron chi connectivity index (χ3n) is 2.93. The van der Waals surface area contributed by atoms with Crippen molar-refractivity contribution < 1.29 is 9.90 Å². The molecule has 0 aliphatic carbocycles. The lowest BCUT2D eigenvalue weighted by Gasteiger charge is -2.30. The number of nitrogens with zero attached hydrogens (tertiary/aromatic N) is 1. The van der Waals surface area contributed by atoms with Crippen LogP contribution in [0.25, 0.3) is 0 Å². The molecule has 0 spiro atoms. The van der Waals surface area contributed by atoms with Crippen LogP contribution in [-0.2, 0) is 0 Å². The summed E-state index contributed by atoms with van der Waals surface area (Å²) in [5.74, 6) is -0.163. The number of piperidine rings is 1. The molecule has 17 heavy (non-hydrogen) atoms. The van der Waals surface area contributed by atoms with Crippen LogP contribution in [0.1, 0.15) is 23.2 Å². The molecule has 1 saturated heterocycles. The Morgan fingerprint density at radius 1 is 1.53 bits per heavy atom. The van der Waals surface area contributed by atoms with Gasteiger partial charge in [-0.3, -0.25) is 4.79 Å². The Kier molecular flexibility index (Phi) is 3.54. The Morgan fingerprint density at radius 2 is 2.29 bits per heavy atom. The average Bonchev–Trinajstić information content (AvgIpc) is 2.31. The number of aliphatic hydroxyl groups excluding tert-OH is 1. The number of nitrogens with two attached hydrogens (primary N) is 1. The molecule has 1 aliphatic rings. The van der Waals surface area contributed by atoms with Gasteiger partial charge < -0.3 is 15.7 Å². The van der Waals surface area contributed by atoms with Crippen LogP contribution in [0.3, 0.4) is 0 Å². The second-order valence-electron chi connectivity index (χ2n) is 4.28. The maximum atomic E-state index is 12.2. The number of carbonyl (C=O) groups excluding carboxylic acids is 1. The van der Waals surface area contributed by atoms with Crippen molar-refractivity contribution in [2.24, 2.45) is 0 Å². The van der Waals surface area contributed by atoms with E-state index in [-0.39, 0.29) is 5.91 Å². The number of benzene rings is 1. The first kappa shape index (κ1) is 12.2. The SMILES string of the molecule is Nc1ccc(Cl)cc1C(=O)N1CCC[C@H](O)C1. The highest BCUT2D eigenvalue weighted by atomic mass is 35.5. The highest BCUT2D eigenvalue weighted by Gasteiger charge is 2.24. The second kappa shape index (κ2) is 4.94. The Morgan fingerprint density at radius 3 is 3.00 bits per heavy atom. The first-order chi connectivity index (χ1) is 8.08. The van der Waals surface area contributed by atoms with E-state index < -0.39 is 6.10 Å². The Labute approximate surface area is 105 Å². The molecule has 1 amide bonds. The number of anilines is 1.